The van der Waals surface area contributed by atoms with Gasteiger partial charge in [0.1, 0.15) is 0 Å². The smallest absolute Gasteiger partial charge is 0.246 e. The molecule has 1 aliphatic rings. The Kier molecular flexibility index (Phi) is 3.98. The van der Waals surface area contributed by atoms with Crippen LogP contribution in [0.15, 0.2) is 23.8 Å². The lowest BCUT2D eigenvalue weighted by atomic mass is 9.99. The van der Waals surface area contributed by atoms with Crippen molar-refractivity contribution in [3.8, 4) is 0 Å². The molecule has 0 bridgehead atoms. The fourth-order valence-corrected chi connectivity index (χ4v) is 2.51. The van der Waals surface area contributed by atoms with Gasteiger partial charge in [-0.3, -0.25) is 4.79 Å². The van der Waals surface area contributed by atoms with Gasteiger partial charge in [-0.05, 0) is 37.5 Å². The Labute approximate surface area is 117 Å². The molecule has 1 amide bonds. The van der Waals surface area contributed by atoms with E-state index in [1.165, 1.54) is 5.56 Å². The molecule has 0 atom stereocenters. The molecule has 0 fully saturated rings. The topological polar surface area (TPSA) is 20.3 Å². The summed E-state index contributed by atoms with van der Waals surface area (Å²) in [7, 11) is 0. The van der Waals surface area contributed by atoms with Crippen LogP contribution in [0.2, 0.25) is 10.0 Å². The minimum atomic E-state index is 0.0386. The highest BCUT2D eigenvalue weighted by molar-refractivity contribution is 6.42. The fourth-order valence-electron chi connectivity index (χ4n) is 2.09. The summed E-state index contributed by atoms with van der Waals surface area (Å²) >= 11 is 12.2. The Morgan fingerprint density at radius 1 is 1.33 bits per heavy atom. The molecule has 2 nitrogen and oxygen atoms in total. The molecule has 0 saturated carbocycles. The molecule has 1 aromatic carbocycles. The van der Waals surface area contributed by atoms with Crippen molar-refractivity contribution in [1.82, 2.24) is 4.90 Å². The molecule has 1 aliphatic heterocycles. The third-order valence-corrected chi connectivity index (χ3v) is 3.86. The van der Waals surface area contributed by atoms with Crippen LogP contribution in [0.5, 0.6) is 0 Å². The maximum absolute atomic E-state index is 12.0. The normalized spacial score (nSPS) is 14.1. The zero-order chi connectivity index (χ0) is 13.3. The molecule has 0 unspecified atom stereocenters. The molecule has 2 rings (SSSR count). The average Bonchev–Trinajstić information content (AvgIpc) is 2.33. The molecule has 0 aliphatic carbocycles. The van der Waals surface area contributed by atoms with E-state index in [0.717, 1.165) is 24.1 Å². The Hall–Kier alpha value is -0.990. The first-order chi connectivity index (χ1) is 8.49. The van der Waals surface area contributed by atoms with Crippen LogP contribution < -0.4 is 0 Å². The van der Waals surface area contributed by atoms with Gasteiger partial charge >= 0.3 is 0 Å². The number of carbonyl (C=O) groups is 1. The highest BCUT2D eigenvalue weighted by Gasteiger charge is 2.22. The summed E-state index contributed by atoms with van der Waals surface area (Å²) < 4.78 is 0. The number of hydrogen-bond acceptors (Lipinski definition) is 1. The van der Waals surface area contributed by atoms with E-state index < -0.39 is 0 Å². The number of hydrogen-bond donors (Lipinski definition) is 0. The Bertz CT molecular complexity index is 519. The van der Waals surface area contributed by atoms with E-state index in [2.05, 4.69) is 0 Å². The molecule has 96 valence electrons. The maximum atomic E-state index is 12.0. The number of allylic oxidation sites excluding steroid dienone is 1. The van der Waals surface area contributed by atoms with Crippen molar-refractivity contribution in [3.63, 3.8) is 0 Å². The van der Waals surface area contributed by atoms with Gasteiger partial charge in [-0.2, -0.15) is 0 Å². The van der Waals surface area contributed by atoms with Crippen molar-refractivity contribution in [2.75, 3.05) is 6.54 Å². The molecule has 1 heterocycles. The van der Waals surface area contributed by atoms with Crippen LogP contribution in [0.25, 0.3) is 0 Å². The third-order valence-electron chi connectivity index (χ3n) is 3.02. The second-order valence-electron chi connectivity index (χ2n) is 4.73. The number of rotatable bonds is 1. The fraction of sp³-hybridized carbons (Fsp3) is 0.357. The van der Waals surface area contributed by atoms with Crippen molar-refractivity contribution in [2.24, 2.45) is 0 Å². The first kappa shape index (κ1) is 13.4. The summed E-state index contributed by atoms with van der Waals surface area (Å²) in [6.07, 6.45) is 2.48. The highest BCUT2D eigenvalue weighted by atomic mass is 35.5. The van der Waals surface area contributed by atoms with E-state index in [1.807, 2.05) is 26.0 Å². The van der Waals surface area contributed by atoms with Crippen LogP contribution in [-0.2, 0) is 17.8 Å². The van der Waals surface area contributed by atoms with Gasteiger partial charge in [-0.15, -0.1) is 0 Å². The number of carbonyl (C=O) groups excluding carboxylic acids is 1. The summed E-state index contributed by atoms with van der Waals surface area (Å²) in [4.78, 5) is 13.8. The number of halogens is 2. The summed E-state index contributed by atoms with van der Waals surface area (Å²) in [6.45, 7) is 5.10. The maximum Gasteiger partial charge on any atom is 0.246 e. The minimum Gasteiger partial charge on any atom is -0.334 e. The van der Waals surface area contributed by atoms with Crippen molar-refractivity contribution in [1.29, 1.82) is 0 Å². The Morgan fingerprint density at radius 2 is 2.06 bits per heavy atom. The van der Waals surface area contributed by atoms with Gasteiger partial charge in [0, 0.05) is 19.2 Å². The van der Waals surface area contributed by atoms with Gasteiger partial charge in [0.2, 0.25) is 5.91 Å². The van der Waals surface area contributed by atoms with Crippen LogP contribution in [-0.4, -0.2) is 17.4 Å². The van der Waals surface area contributed by atoms with E-state index in [-0.39, 0.29) is 5.91 Å². The monoisotopic (exact) mass is 283 g/mol. The number of amides is 1. The lowest BCUT2D eigenvalue weighted by Gasteiger charge is -2.29. The molecule has 0 saturated heterocycles. The van der Waals surface area contributed by atoms with Crippen LogP contribution in [0.3, 0.4) is 0 Å². The van der Waals surface area contributed by atoms with Gasteiger partial charge < -0.3 is 4.90 Å². The SMILES string of the molecule is CC(C)=CC(=O)N1CCc2ccc(Cl)c(Cl)c2C1. The van der Waals surface area contributed by atoms with Crippen molar-refractivity contribution in [3.05, 3.63) is 45.0 Å². The second-order valence-corrected chi connectivity index (χ2v) is 5.52. The van der Waals surface area contributed by atoms with Gasteiger partial charge in [-0.1, -0.05) is 34.8 Å². The zero-order valence-corrected chi connectivity index (χ0v) is 12.0. The number of fused-ring (bicyclic) bond motifs is 1. The molecule has 0 N–H and O–H groups in total. The second kappa shape index (κ2) is 5.33. The molecule has 1 aromatic rings. The third kappa shape index (κ3) is 2.70. The molecule has 18 heavy (non-hydrogen) atoms. The van der Waals surface area contributed by atoms with E-state index >= 15 is 0 Å². The van der Waals surface area contributed by atoms with Crippen molar-refractivity contribution in [2.45, 2.75) is 26.8 Å². The quantitative estimate of drug-likeness (QED) is 0.717. The molecule has 0 radical (unpaired) electrons. The van der Waals surface area contributed by atoms with Gasteiger partial charge in [0.15, 0.2) is 0 Å². The van der Waals surface area contributed by atoms with E-state index in [1.54, 1.807) is 11.0 Å². The molecule has 0 aromatic heterocycles. The molecular formula is C14H15Cl2NO. The van der Waals surface area contributed by atoms with Crippen LogP contribution >= 0.6 is 23.2 Å². The van der Waals surface area contributed by atoms with Crippen LogP contribution in [0, 0.1) is 0 Å². The van der Waals surface area contributed by atoms with Crippen LogP contribution in [0.4, 0.5) is 0 Å². The zero-order valence-electron chi connectivity index (χ0n) is 10.5. The van der Waals surface area contributed by atoms with E-state index in [0.29, 0.717) is 16.6 Å². The van der Waals surface area contributed by atoms with Gasteiger partial charge in [0.05, 0.1) is 10.0 Å². The molecule has 0 spiro atoms. The summed E-state index contributed by atoms with van der Waals surface area (Å²) in [5, 5.41) is 1.12. The van der Waals surface area contributed by atoms with Crippen LogP contribution in [0.1, 0.15) is 25.0 Å². The lowest BCUT2D eigenvalue weighted by molar-refractivity contribution is -0.126. The standard InChI is InChI=1S/C14H15Cl2NO/c1-9(2)7-13(18)17-6-5-10-3-4-12(15)14(16)11(10)8-17/h3-4,7H,5-6,8H2,1-2H3. The van der Waals surface area contributed by atoms with E-state index in [9.17, 15) is 4.79 Å². The van der Waals surface area contributed by atoms with Gasteiger partial charge in [-0.25, -0.2) is 0 Å². The predicted molar refractivity (Wildman–Crippen MR) is 75.0 cm³/mol. The largest absolute Gasteiger partial charge is 0.334 e. The summed E-state index contributed by atoms with van der Waals surface area (Å²) in [5.74, 6) is 0.0386. The summed E-state index contributed by atoms with van der Waals surface area (Å²) in [5.41, 5.74) is 3.17. The minimum absolute atomic E-state index is 0.0386. The van der Waals surface area contributed by atoms with Crippen molar-refractivity contribution >= 4 is 29.1 Å². The first-order valence-electron chi connectivity index (χ1n) is 5.88. The molecule has 4 heteroatoms. The first-order valence-corrected chi connectivity index (χ1v) is 6.64. The van der Waals surface area contributed by atoms with Crippen molar-refractivity contribution < 1.29 is 4.79 Å². The Morgan fingerprint density at radius 3 is 2.72 bits per heavy atom. The summed E-state index contributed by atoms with van der Waals surface area (Å²) in [6, 6.07) is 3.81. The molecular weight excluding hydrogens is 269 g/mol. The number of benzene rings is 1. The average molecular weight is 284 g/mol. The predicted octanol–water partition coefficient (Wildman–Crippen LogP) is 3.84. The Balaban J connectivity index is 2.27. The highest BCUT2D eigenvalue weighted by Crippen LogP contribution is 2.32. The number of nitrogens with zero attached hydrogens (tertiary/aromatic N) is 1. The lowest BCUT2D eigenvalue weighted by Crippen LogP contribution is -2.35. The van der Waals surface area contributed by atoms with E-state index in [4.69, 9.17) is 23.2 Å². The van der Waals surface area contributed by atoms with Gasteiger partial charge in [0.25, 0.3) is 0 Å².